The maximum Gasteiger partial charge on any atom is 0.337 e. The van der Waals surface area contributed by atoms with E-state index in [4.69, 9.17) is 9.47 Å². The van der Waals surface area contributed by atoms with Crippen LogP contribution >= 0.6 is 0 Å². The molecule has 0 spiro atoms. The number of ether oxygens (including phenoxy) is 2. The molecule has 2 aromatic carbocycles. The average Bonchev–Trinajstić information content (AvgIpc) is 2.81. The van der Waals surface area contributed by atoms with Crippen LogP contribution in [-0.2, 0) is 11.3 Å². The fraction of sp³-hybridized carbons (Fsp3) is 0.318. The van der Waals surface area contributed by atoms with Crippen molar-refractivity contribution in [3.63, 3.8) is 0 Å². The van der Waals surface area contributed by atoms with Gasteiger partial charge >= 0.3 is 5.97 Å². The van der Waals surface area contributed by atoms with E-state index >= 15 is 0 Å². The van der Waals surface area contributed by atoms with E-state index < -0.39 is 0 Å². The van der Waals surface area contributed by atoms with Gasteiger partial charge in [0, 0.05) is 5.56 Å². The van der Waals surface area contributed by atoms with E-state index in [1.165, 1.54) is 7.11 Å². The molecule has 0 aliphatic carbocycles. The van der Waals surface area contributed by atoms with Gasteiger partial charge in [-0.25, -0.2) is 4.79 Å². The third-order valence-electron chi connectivity index (χ3n) is 4.54. The molecule has 1 aliphatic rings. The number of hydrogen-bond donors (Lipinski definition) is 0. The molecule has 26 heavy (non-hydrogen) atoms. The maximum atomic E-state index is 12.0. The van der Waals surface area contributed by atoms with Crippen LogP contribution in [0.25, 0.3) is 5.57 Å². The zero-order valence-corrected chi connectivity index (χ0v) is 15.6. The number of hydrogen-bond acceptors (Lipinski definition) is 4. The molecule has 1 aliphatic heterocycles. The smallest absolute Gasteiger partial charge is 0.337 e. The van der Waals surface area contributed by atoms with Gasteiger partial charge in [-0.15, -0.1) is 0 Å². The van der Waals surface area contributed by atoms with Crippen molar-refractivity contribution >= 4 is 11.5 Å². The van der Waals surface area contributed by atoms with Crippen LogP contribution < -0.4 is 4.74 Å². The molecular formula is C22H25NO3. The van der Waals surface area contributed by atoms with E-state index in [9.17, 15) is 4.79 Å². The molecular weight excluding hydrogens is 326 g/mol. The molecule has 0 saturated carbocycles. The van der Waals surface area contributed by atoms with Gasteiger partial charge in [0.1, 0.15) is 12.4 Å². The van der Waals surface area contributed by atoms with E-state index in [0.717, 1.165) is 47.4 Å². The van der Waals surface area contributed by atoms with Gasteiger partial charge in [0.2, 0.25) is 0 Å². The Morgan fingerprint density at radius 2 is 2.00 bits per heavy atom. The first-order valence-corrected chi connectivity index (χ1v) is 8.89. The number of nitrogens with zero attached hydrogens (tertiary/aromatic N) is 1. The summed E-state index contributed by atoms with van der Waals surface area (Å²) in [5, 5.41) is 0. The molecule has 0 unspecified atom stereocenters. The Kier molecular flexibility index (Phi) is 5.74. The number of methoxy groups -OCH3 is 1. The van der Waals surface area contributed by atoms with E-state index in [-0.39, 0.29) is 5.97 Å². The molecule has 0 bridgehead atoms. The van der Waals surface area contributed by atoms with Gasteiger partial charge in [-0.3, -0.25) is 0 Å². The van der Waals surface area contributed by atoms with Crippen molar-refractivity contribution in [1.82, 2.24) is 4.90 Å². The van der Waals surface area contributed by atoms with Gasteiger partial charge in [0.25, 0.3) is 0 Å². The molecule has 0 fully saturated rings. The molecule has 4 nitrogen and oxygen atoms in total. The lowest BCUT2D eigenvalue weighted by atomic mass is 9.92. The van der Waals surface area contributed by atoms with Gasteiger partial charge in [0.05, 0.1) is 12.7 Å². The Hall–Kier alpha value is -2.59. The summed E-state index contributed by atoms with van der Waals surface area (Å²) in [7, 11) is 5.57. The predicted octanol–water partition coefficient (Wildman–Crippen LogP) is 4.14. The van der Waals surface area contributed by atoms with Crippen LogP contribution in [0.2, 0.25) is 0 Å². The van der Waals surface area contributed by atoms with Crippen LogP contribution in [-0.4, -0.2) is 38.6 Å². The first-order valence-electron chi connectivity index (χ1n) is 8.89. The number of unbranched alkanes of at least 4 members (excludes halogenated alkanes) is 1. The van der Waals surface area contributed by atoms with Crippen LogP contribution in [0.3, 0.4) is 0 Å². The summed E-state index contributed by atoms with van der Waals surface area (Å²) in [4.78, 5) is 14.2. The fourth-order valence-electron chi connectivity index (χ4n) is 3.19. The third kappa shape index (κ3) is 3.97. The van der Waals surface area contributed by atoms with Crippen molar-refractivity contribution in [3.8, 4) is 5.75 Å². The van der Waals surface area contributed by atoms with Crippen molar-refractivity contribution in [2.75, 3.05) is 27.7 Å². The van der Waals surface area contributed by atoms with Crippen LogP contribution in [0.15, 0.2) is 48.5 Å². The molecule has 0 saturated heterocycles. The lowest BCUT2D eigenvalue weighted by molar-refractivity contribution is 0.0600. The normalized spacial score (nSPS) is 14.4. The second-order valence-electron chi connectivity index (χ2n) is 6.71. The number of fused-ring (bicyclic) bond motifs is 2. The highest BCUT2D eigenvalue weighted by molar-refractivity contribution is 5.93. The van der Waals surface area contributed by atoms with Crippen molar-refractivity contribution in [1.29, 1.82) is 0 Å². The van der Waals surface area contributed by atoms with Gasteiger partial charge in [-0.1, -0.05) is 30.3 Å². The largest absolute Gasteiger partial charge is 0.488 e. The van der Waals surface area contributed by atoms with Crippen LogP contribution in [0, 0.1) is 0 Å². The molecule has 2 aromatic rings. The van der Waals surface area contributed by atoms with Crippen molar-refractivity contribution in [2.24, 2.45) is 0 Å². The molecule has 4 heteroatoms. The first-order chi connectivity index (χ1) is 12.6. The summed E-state index contributed by atoms with van der Waals surface area (Å²) in [6.07, 6.45) is 4.30. The highest BCUT2D eigenvalue weighted by atomic mass is 16.5. The monoisotopic (exact) mass is 351 g/mol. The minimum atomic E-state index is -0.336. The fourth-order valence-corrected chi connectivity index (χ4v) is 3.19. The number of carbonyl (C=O) groups excluding carboxylic acids is 1. The van der Waals surface area contributed by atoms with Crippen molar-refractivity contribution in [3.05, 3.63) is 70.8 Å². The maximum absolute atomic E-state index is 12.0. The number of benzene rings is 2. The number of esters is 1. The second-order valence-corrected chi connectivity index (χ2v) is 6.71. The number of rotatable bonds is 5. The zero-order chi connectivity index (χ0) is 18.5. The first kappa shape index (κ1) is 18.2. The lowest BCUT2D eigenvalue weighted by Crippen LogP contribution is -2.12. The summed E-state index contributed by atoms with van der Waals surface area (Å²) in [6.45, 7) is 1.56. The number of carbonyl (C=O) groups is 1. The van der Waals surface area contributed by atoms with E-state index in [2.05, 4.69) is 37.2 Å². The van der Waals surface area contributed by atoms with Crippen LogP contribution in [0.5, 0.6) is 5.75 Å². The highest BCUT2D eigenvalue weighted by Crippen LogP contribution is 2.37. The molecule has 0 amide bonds. The highest BCUT2D eigenvalue weighted by Gasteiger charge is 2.20. The minimum Gasteiger partial charge on any atom is -0.488 e. The molecule has 1 heterocycles. The molecule has 0 radical (unpaired) electrons. The Balaban J connectivity index is 2.04. The molecule has 3 rings (SSSR count). The Morgan fingerprint density at radius 1 is 1.19 bits per heavy atom. The van der Waals surface area contributed by atoms with E-state index in [1.807, 2.05) is 24.3 Å². The summed E-state index contributed by atoms with van der Waals surface area (Å²) in [5.41, 5.74) is 4.93. The van der Waals surface area contributed by atoms with Gasteiger partial charge in [-0.2, -0.15) is 0 Å². The van der Waals surface area contributed by atoms with Gasteiger partial charge in [0.15, 0.2) is 0 Å². The Labute approximate surface area is 155 Å². The van der Waals surface area contributed by atoms with Gasteiger partial charge in [-0.05, 0) is 68.4 Å². The van der Waals surface area contributed by atoms with Crippen molar-refractivity contribution < 1.29 is 14.3 Å². The summed E-state index contributed by atoms with van der Waals surface area (Å²) < 4.78 is 10.9. The summed E-state index contributed by atoms with van der Waals surface area (Å²) in [5.74, 6) is 0.463. The minimum absolute atomic E-state index is 0.336. The molecule has 0 atom stereocenters. The predicted molar refractivity (Wildman–Crippen MR) is 103 cm³/mol. The van der Waals surface area contributed by atoms with Gasteiger partial charge < -0.3 is 14.4 Å². The quantitative estimate of drug-likeness (QED) is 0.599. The third-order valence-corrected chi connectivity index (χ3v) is 4.54. The molecule has 0 aromatic heterocycles. The SMILES string of the molecule is COC(=O)c1ccc2c(c1)/C(=C/CCCN(C)C)c1ccccc1CO2. The topological polar surface area (TPSA) is 38.8 Å². The summed E-state index contributed by atoms with van der Waals surface area (Å²) >= 11 is 0. The molecule has 0 N–H and O–H groups in total. The molecule has 136 valence electrons. The van der Waals surface area contributed by atoms with E-state index in [0.29, 0.717) is 12.2 Å². The van der Waals surface area contributed by atoms with Crippen LogP contribution in [0.1, 0.15) is 39.9 Å². The average molecular weight is 351 g/mol. The van der Waals surface area contributed by atoms with Crippen LogP contribution in [0.4, 0.5) is 0 Å². The Morgan fingerprint density at radius 3 is 2.77 bits per heavy atom. The zero-order valence-electron chi connectivity index (χ0n) is 15.6. The number of allylic oxidation sites excluding steroid dienone is 1. The standard InChI is InChI=1S/C22H25NO3/c1-23(2)13-7-6-10-19-18-9-5-4-8-17(18)15-26-21-12-11-16(14-20(19)21)22(24)25-3/h4-5,8-12,14H,6-7,13,15H2,1-3H3/b19-10+. The van der Waals surface area contributed by atoms with E-state index in [1.54, 1.807) is 6.07 Å². The lowest BCUT2D eigenvalue weighted by Gasteiger charge is -2.13. The Bertz CT molecular complexity index is 824. The summed E-state index contributed by atoms with van der Waals surface area (Å²) in [6, 6.07) is 13.8. The second kappa shape index (κ2) is 8.19. The van der Waals surface area contributed by atoms with Crippen molar-refractivity contribution in [2.45, 2.75) is 19.4 Å².